The van der Waals surface area contributed by atoms with E-state index in [1.807, 2.05) is 0 Å². The molecule has 88 valence electrons. The number of benzene rings is 1. The van der Waals surface area contributed by atoms with Crippen molar-refractivity contribution in [2.24, 2.45) is 0 Å². The van der Waals surface area contributed by atoms with Gasteiger partial charge in [0.1, 0.15) is 0 Å². The second kappa shape index (κ2) is 5.64. The highest BCUT2D eigenvalue weighted by Gasteiger charge is 2.33. The Bertz CT molecular complexity index is 385. The Balaban J connectivity index is 2.99. The normalized spacial score (nSPS) is 12.3. The summed E-state index contributed by atoms with van der Waals surface area (Å²) in [5.41, 5.74) is -0.319. The first kappa shape index (κ1) is 13.5. The maximum atomic E-state index is 12.5. The Labute approximate surface area is 103 Å². The summed E-state index contributed by atoms with van der Waals surface area (Å²) in [6.07, 6.45) is -0.296. The molecular formula is C11H10ClF3S. The fourth-order valence-corrected chi connectivity index (χ4v) is 1.53. The number of hydrogen-bond donors (Lipinski definition) is 1. The Kier molecular flexibility index (Phi) is 4.74. The molecule has 0 N–H and O–H groups in total. The van der Waals surface area contributed by atoms with Crippen LogP contribution in [0.5, 0.6) is 0 Å². The van der Waals surface area contributed by atoms with Crippen LogP contribution in [-0.2, 0) is 6.18 Å². The van der Waals surface area contributed by atoms with Crippen LogP contribution in [0.25, 0.3) is 6.08 Å². The van der Waals surface area contributed by atoms with Crippen molar-refractivity contribution in [3.63, 3.8) is 0 Å². The monoisotopic (exact) mass is 266 g/mol. The molecule has 0 saturated heterocycles. The van der Waals surface area contributed by atoms with Crippen LogP contribution in [-0.4, -0.2) is 5.75 Å². The van der Waals surface area contributed by atoms with Crippen molar-refractivity contribution >= 4 is 30.3 Å². The van der Waals surface area contributed by atoms with E-state index in [0.29, 0.717) is 17.7 Å². The van der Waals surface area contributed by atoms with Crippen LogP contribution in [0.15, 0.2) is 24.3 Å². The quantitative estimate of drug-likeness (QED) is 0.754. The van der Waals surface area contributed by atoms with E-state index in [2.05, 4.69) is 12.6 Å². The van der Waals surface area contributed by atoms with Crippen molar-refractivity contribution in [3.8, 4) is 0 Å². The highest BCUT2D eigenvalue weighted by atomic mass is 35.5. The largest absolute Gasteiger partial charge is 0.417 e. The molecule has 0 amide bonds. The van der Waals surface area contributed by atoms with Crippen LogP contribution in [0, 0.1) is 0 Å². The van der Waals surface area contributed by atoms with Crippen LogP contribution in [0.2, 0.25) is 5.02 Å². The lowest BCUT2D eigenvalue weighted by Crippen LogP contribution is -2.05. The zero-order valence-corrected chi connectivity index (χ0v) is 9.91. The average Bonchev–Trinajstić information content (AvgIpc) is 2.19. The summed E-state index contributed by atoms with van der Waals surface area (Å²) >= 11 is 9.48. The van der Waals surface area contributed by atoms with Crippen molar-refractivity contribution in [1.29, 1.82) is 0 Å². The Morgan fingerprint density at radius 3 is 2.56 bits per heavy atom. The van der Waals surface area contributed by atoms with Gasteiger partial charge in [-0.25, -0.2) is 0 Å². The number of hydrogen-bond acceptors (Lipinski definition) is 1. The molecule has 0 aliphatic heterocycles. The molecule has 0 radical (unpaired) electrons. The molecule has 16 heavy (non-hydrogen) atoms. The summed E-state index contributed by atoms with van der Waals surface area (Å²) in [7, 11) is 0. The minimum atomic E-state index is -4.41. The fraction of sp³-hybridized carbons (Fsp3) is 0.273. The van der Waals surface area contributed by atoms with Gasteiger partial charge in [0.15, 0.2) is 0 Å². The van der Waals surface area contributed by atoms with Gasteiger partial charge in [-0.05, 0) is 29.9 Å². The molecule has 5 heteroatoms. The third-order valence-electron chi connectivity index (χ3n) is 1.90. The van der Waals surface area contributed by atoms with Crippen molar-refractivity contribution in [3.05, 3.63) is 40.4 Å². The van der Waals surface area contributed by atoms with Gasteiger partial charge in [0.05, 0.1) is 10.6 Å². The number of allylic oxidation sites excluding steroid dienone is 1. The van der Waals surface area contributed by atoms with Crippen LogP contribution in [0.3, 0.4) is 0 Å². The van der Waals surface area contributed by atoms with E-state index in [1.54, 1.807) is 18.2 Å². The molecule has 0 aromatic heterocycles. The van der Waals surface area contributed by atoms with E-state index in [-0.39, 0.29) is 5.02 Å². The molecular weight excluding hydrogens is 257 g/mol. The topological polar surface area (TPSA) is 0 Å². The predicted octanol–water partition coefficient (Wildman–Crippen LogP) is 4.69. The van der Waals surface area contributed by atoms with Gasteiger partial charge in [0.2, 0.25) is 0 Å². The standard InChI is InChI=1S/C11H10ClF3S/c12-10-5-4-8(3-1-2-6-16)7-9(10)11(13,14)15/h1,3-5,7,16H,2,6H2. The van der Waals surface area contributed by atoms with Gasteiger partial charge in [-0.2, -0.15) is 25.8 Å². The summed E-state index contributed by atoms with van der Waals surface area (Å²) in [4.78, 5) is 0. The van der Waals surface area contributed by atoms with E-state index >= 15 is 0 Å². The minimum Gasteiger partial charge on any atom is -0.179 e. The molecule has 0 aliphatic carbocycles. The van der Waals surface area contributed by atoms with E-state index in [0.717, 1.165) is 6.07 Å². The van der Waals surface area contributed by atoms with Crippen molar-refractivity contribution < 1.29 is 13.2 Å². The molecule has 0 fully saturated rings. The van der Waals surface area contributed by atoms with Crippen LogP contribution in [0.4, 0.5) is 13.2 Å². The van der Waals surface area contributed by atoms with Gasteiger partial charge in [-0.15, -0.1) is 0 Å². The lowest BCUT2D eigenvalue weighted by molar-refractivity contribution is -0.137. The minimum absolute atomic E-state index is 0.279. The molecule has 0 unspecified atom stereocenters. The maximum absolute atomic E-state index is 12.5. The molecule has 0 atom stereocenters. The van der Waals surface area contributed by atoms with Gasteiger partial charge in [-0.1, -0.05) is 29.8 Å². The van der Waals surface area contributed by atoms with Gasteiger partial charge >= 0.3 is 6.18 Å². The second-order valence-corrected chi connectivity index (χ2v) is 4.01. The molecule has 0 heterocycles. The molecule has 1 rings (SSSR count). The summed E-state index contributed by atoms with van der Waals surface area (Å²) in [5.74, 6) is 0.663. The smallest absolute Gasteiger partial charge is 0.179 e. The fourth-order valence-electron chi connectivity index (χ4n) is 1.16. The third-order valence-corrected chi connectivity index (χ3v) is 2.49. The van der Waals surface area contributed by atoms with Gasteiger partial charge in [-0.3, -0.25) is 0 Å². The second-order valence-electron chi connectivity index (χ2n) is 3.15. The first-order valence-electron chi connectivity index (χ1n) is 4.59. The zero-order valence-electron chi connectivity index (χ0n) is 8.26. The Morgan fingerprint density at radius 2 is 2.00 bits per heavy atom. The Morgan fingerprint density at radius 1 is 1.31 bits per heavy atom. The highest BCUT2D eigenvalue weighted by molar-refractivity contribution is 7.80. The molecule has 0 spiro atoms. The lowest BCUT2D eigenvalue weighted by Gasteiger charge is -2.09. The number of thiol groups is 1. The first-order chi connectivity index (χ1) is 7.45. The molecule has 0 bridgehead atoms. The SMILES string of the molecule is FC(F)(F)c1cc(C=CCCS)ccc1Cl. The zero-order chi connectivity index (χ0) is 12.2. The lowest BCUT2D eigenvalue weighted by atomic mass is 10.1. The molecule has 0 aliphatic rings. The van der Waals surface area contributed by atoms with E-state index in [1.165, 1.54) is 6.07 Å². The Hall–Kier alpha value is -0.610. The predicted molar refractivity (Wildman–Crippen MR) is 64.0 cm³/mol. The highest BCUT2D eigenvalue weighted by Crippen LogP contribution is 2.35. The molecule has 1 aromatic carbocycles. The summed E-state index contributed by atoms with van der Waals surface area (Å²) in [6, 6.07) is 3.84. The van der Waals surface area contributed by atoms with Crippen molar-refractivity contribution in [2.45, 2.75) is 12.6 Å². The summed E-state index contributed by atoms with van der Waals surface area (Å²) in [5, 5.41) is -0.279. The van der Waals surface area contributed by atoms with Crippen molar-refractivity contribution in [1.82, 2.24) is 0 Å². The van der Waals surface area contributed by atoms with Crippen molar-refractivity contribution in [2.75, 3.05) is 5.75 Å². The number of alkyl halides is 3. The van der Waals surface area contributed by atoms with Gasteiger partial charge < -0.3 is 0 Å². The van der Waals surface area contributed by atoms with E-state index in [9.17, 15) is 13.2 Å². The van der Waals surface area contributed by atoms with Crippen LogP contribution >= 0.6 is 24.2 Å². The molecule has 0 saturated carbocycles. The number of halogens is 4. The first-order valence-corrected chi connectivity index (χ1v) is 5.60. The van der Waals surface area contributed by atoms with Crippen LogP contribution < -0.4 is 0 Å². The molecule has 0 nitrogen and oxygen atoms in total. The average molecular weight is 267 g/mol. The maximum Gasteiger partial charge on any atom is 0.417 e. The van der Waals surface area contributed by atoms with Gasteiger partial charge in [0.25, 0.3) is 0 Å². The number of rotatable bonds is 3. The van der Waals surface area contributed by atoms with E-state index < -0.39 is 11.7 Å². The third kappa shape index (κ3) is 3.76. The van der Waals surface area contributed by atoms with Gasteiger partial charge in [0, 0.05) is 0 Å². The van der Waals surface area contributed by atoms with E-state index in [4.69, 9.17) is 11.6 Å². The summed E-state index contributed by atoms with van der Waals surface area (Å²) in [6.45, 7) is 0. The van der Waals surface area contributed by atoms with Crippen LogP contribution in [0.1, 0.15) is 17.5 Å². The molecule has 1 aromatic rings. The summed E-state index contributed by atoms with van der Waals surface area (Å²) < 4.78 is 37.5.